The third-order valence-electron chi connectivity index (χ3n) is 4.62. The summed E-state index contributed by atoms with van der Waals surface area (Å²) in [5, 5.41) is 10.7. The second kappa shape index (κ2) is 8.22. The molecule has 0 aliphatic carbocycles. The van der Waals surface area contributed by atoms with Crippen molar-refractivity contribution in [1.82, 2.24) is 0 Å². The fraction of sp³-hybridized carbons (Fsp3) is 0.727. The Morgan fingerprint density at radius 3 is 1.61 bits per heavy atom. The molecule has 1 rings (SSSR count). The summed E-state index contributed by atoms with van der Waals surface area (Å²) in [6.07, 6.45) is 7.74. The number of aryl methyl sites for hydroxylation is 2. The van der Waals surface area contributed by atoms with Crippen molar-refractivity contribution in [3.63, 3.8) is 0 Å². The Balaban J connectivity index is 3.24. The van der Waals surface area contributed by atoms with Crippen LogP contribution in [0.5, 0.6) is 5.75 Å². The van der Waals surface area contributed by atoms with Crippen LogP contribution in [0.4, 0.5) is 0 Å². The average molecular weight is 319 g/mol. The summed E-state index contributed by atoms with van der Waals surface area (Å²) >= 11 is 0. The van der Waals surface area contributed by atoms with Gasteiger partial charge in [0.1, 0.15) is 5.75 Å². The van der Waals surface area contributed by atoms with Crippen molar-refractivity contribution in [2.45, 2.75) is 98.8 Å². The van der Waals surface area contributed by atoms with E-state index in [4.69, 9.17) is 0 Å². The first-order chi connectivity index (χ1) is 10.6. The number of benzene rings is 1. The molecule has 1 heteroatoms. The van der Waals surface area contributed by atoms with E-state index in [2.05, 4.69) is 60.6 Å². The molecular weight excluding hydrogens is 280 g/mol. The minimum Gasteiger partial charge on any atom is -0.507 e. The van der Waals surface area contributed by atoms with Gasteiger partial charge >= 0.3 is 0 Å². The zero-order valence-electron chi connectivity index (χ0n) is 16.6. The van der Waals surface area contributed by atoms with E-state index in [1.807, 2.05) is 0 Å². The van der Waals surface area contributed by atoms with Crippen LogP contribution < -0.4 is 0 Å². The molecule has 0 saturated carbocycles. The Labute approximate surface area is 144 Å². The lowest BCUT2D eigenvalue weighted by Gasteiger charge is -2.34. The van der Waals surface area contributed by atoms with Gasteiger partial charge in [0.05, 0.1) is 0 Å². The summed E-state index contributed by atoms with van der Waals surface area (Å²) in [5.41, 5.74) is 4.12. The highest BCUT2D eigenvalue weighted by Crippen LogP contribution is 2.39. The van der Waals surface area contributed by atoms with Crippen molar-refractivity contribution < 1.29 is 5.11 Å². The highest BCUT2D eigenvalue weighted by molar-refractivity contribution is 5.46. The molecule has 0 amide bonds. The molecule has 0 saturated heterocycles. The zero-order chi connectivity index (χ0) is 17.7. The van der Waals surface area contributed by atoms with Crippen LogP contribution in [0.1, 0.15) is 97.3 Å². The Hall–Kier alpha value is -0.980. The van der Waals surface area contributed by atoms with Gasteiger partial charge in [0.15, 0.2) is 0 Å². The molecule has 0 heterocycles. The minimum atomic E-state index is 0.133. The van der Waals surface area contributed by atoms with Crippen molar-refractivity contribution in [2.75, 3.05) is 0 Å². The number of aromatic hydroxyl groups is 1. The highest BCUT2D eigenvalue weighted by atomic mass is 16.3. The molecular formula is C22H38O. The molecule has 0 unspecified atom stereocenters. The summed E-state index contributed by atoms with van der Waals surface area (Å²) in [4.78, 5) is 0. The maximum atomic E-state index is 10.7. The monoisotopic (exact) mass is 318 g/mol. The Morgan fingerprint density at radius 1 is 0.826 bits per heavy atom. The van der Waals surface area contributed by atoms with E-state index in [0.29, 0.717) is 11.2 Å². The van der Waals surface area contributed by atoms with E-state index >= 15 is 0 Å². The Kier molecular flexibility index (Phi) is 7.17. The maximum absolute atomic E-state index is 10.7. The number of hydrogen-bond acceptors (Lipinski definition) is 1. The van der Waals surface area contributed by atoms with Gasteiger partial charge in [-0.2, -0.15) is 0 Å². The molecule has 0 atom stereocenters. The lowest BCUT2D eigenvalue weighted by molar-refractivity contribution is 0.283. The van der Waals surface area contributed by atoms with Gasteiger partial charge in [0.25, 0.3) is 0 Å². The second-order valence-corrected chi connectivity index (χ2v) is 8.97. The first-order valence-electron chi connectivity index (χ1n) is 9.46. The molecule has 0 spiro atoms. The van der Waals surface area contributed by atoms with Gasteiger partial charge in [0, 0.05) is 0 Å². The lowest BCUT2D eigenvalue weighted by atomic mass is 9.71. The molecule has 1 nitrogen and oxygen atoms in total. The molecule has 1 aromatic rings. The first kappa shape index (κ1) is 20.1. The minimum absolute atomic E-state index is 0.133. The molecule has 1 aromatic carbocycles. The van der Waals surface area contributed by atoms with E-state index in [1.54, 1.807) is 0 Å². The topological polar surface area (TPSA) is 20.2 Å². The van der Waals surface area contributed by atoms with Crippen LogP contribution >= 0.6 is 0 Å². The second-order valence-electron chi connectivity index (χ2n) is 8.97. The predicted octanol–water partition coefficient (Wildman–Crippen LogP) is 6.79. The number of phenolic OH excluding ortho intramolecular Hbond substituents is 1. The number of hydrogen-bond donors (Lipinski definition) is 1. The summed E-state index contributed by atoms with van der Waals surface area (Å²) in [6.45, 7) is 16.0. The van der Waals surface area contributed by atoms with Crippen LogP contribution in [0.3, 0.4) is 0 Å². The van der Waals surface area contributed by atoms with Crippen molar-refractivity contribution in [1.29, 1.82) is 0 Å². The smallest absolute Gasteiger partial charge is 0.121 e. The van der Waals surface area contributed by atoms with Crippen LogP contribution in [0.15, 0.2) is 12.1 Å². The van der Waals surface area contributed by atoms with Gasteiger partial charge in [-0.3, -0.25) is 0 Å². The largest absolute Gasteiger partial charge is 0.507 e. The van der Waals surface area contributed by atoms with E-state index in [0.717, 1.165) is 43.2 Å². The van der Waals surface area contributed by atoms with Gasteiger partial charge < -0.3 is 5.11 Å². The van der Waals surface area contributed by atoms with Gasteiger partial charge in [-0.15, -0.1) is 0 Å². The fourth-order valence-corrected chi connectivity index (χ4v) is 3.69. The predicted molar refractivity (Wildman–Crippen MR) is 102 cm³/mol. The van der Waals surface area contributed by atoms with Crippen LogP contribution in [0.25, 0.3) is 0 Å². The van der Waals surface area contributed by atoms with Gasteiger partial charge in [-0.25, -0.2) is 0 Å². The molecule has 0 radical (unpaired) electrons. The van der Waals surface area contributed by atoms with E-state index in [1.165, 1.54) is 18.4 Å². The van der Waals surface area contributed by atoms with E-state index < -0.39 is 0 Å². The highest BCUT2D eigenvalue weighted by Gasteiger charge is 2.28. The average Bonchev–Trinajstić information content (AvgIpc) is 2.42. The van der Waals surface area contributed by atoms with Crippen LogP contribution in [-0.2, 0) is 18.3 Å². The molecule has 1 N–H and O–H groups in total. The van der Waals surface area contributed by atoms with Crippen LogP contribution in [0, 0.1) is 5.41 Å². The number of unbranched alkanes of at least 4 members (excludes halogenated alkanes) is 2. The third kappa shape index (κ3) is 6.20. The Bertz CT molecular complexity index is 462. The normalized spacial score (nSPS) is 12.7. The van der Waals surface area contributed by atoms with Crippen molar-refractivity contribution >= 4 is 0 Å². The maximum Gasteiger partial charge on any atom is 0.121 e. The van der Waals surface area contributed by atoms with E-state index in [-0.39, 0.29) is 5.41 Å². The standard InChI is InChI=1S/C22H38O/c1-8-10-12-17-14-19(22(6,7)16-21(3,4)5)15-18(20(17)23)13-11-9-2/h14-15,23H,8-13,16H2,1-7H3. The lowest BCUT2D eigenvalue weighted by Crippen LogP contribution is -2.25. The molecule has 0 aromatic heterocycles. The van der Waals surface area contributed by atoms with Crippen molar-refractivity contribution in [3.8, 4) is 5.75 Å². The Morgan fingerprint density at radius 2 is 1.26 bits per heavy atom. The SMILES string of the molecule is CCCCc1cc(C(C)(C)CC(C)(C)C)cc(CCCC)c1O. The van der Waals surface area contributed by atoms with Gasteiger partial charge in [0.2, 0.25) is 0 Å². The quantitative estimate of drug-likeness (QED) is 0.559. The zero-order valence-corrected chi connectivity index (χ0v) is 16.6. The summed E-state index contributed by atoms with van der Waals surface area (Å²) in [7, 11) is 0. The number of rotatable bonds is 8. The van der Waals surface area contributed by atoms with E-state index in [9.17, 15) is 5.11 Å². The molecule has 132 valence electrons. The first-order valence-corrected chi connectivity index (χ1v) is 9.46. The van der Waals surface area contributed by atoms with Gasteiger partial charge in [-0.05, 0) is 59.6 Å². The summed E-state index contributed by atoms with van der Waals surface area (Å²) in [6, 6.07) is 4.54. The fourth-order valence-electron chi connectivity index (χ4n) is 3.69. The molecule has 23 heavy (non-hydrogen) atoms. The van der Waals surface area contributed by atoms with Crippen molar-refractivity contribution in [2.24, 2.45) is 5.41 Å². The van der Waals surface area contributed by atoms with Crippen LogP contribution in [0.2, 0.25) is 0 Å². The molecule has 0 aliphatic rings. The number of phenols is 1. The molecule has 0 fully saturated rings. The van der Waals surface area contributed by atoms with Gasteiger partial charge in [-0.1, -0.05) is 73.4 Å². The molecule has 0 bridgehead atoms. The van der Waals surface area contributed by atoms with Crippen molar-refractivity contribution in [3.05, 3.63) is 28.8 Å². The summed E-state index contributed by atoms with van der Waals surface area (Å²) in [5.74, 6) is 0.558. The third-order valence-corrected chi connectivity index (χ3v) is 4.62. The molecule has 0 aliphatic heterocycles. The summed E-state index contributed by atoms with van der Waals surface area (Å²) < 4.78 is 0. The van der Waals surface area contributed by atoms with Crippen LogP contribution in [-0.4, -0.2) is 5.11 Å².